The second-order valence-corrected chi connectivity index (χ2v) is 3.77. The van der Waals surface area contributed by atoms with Gasteiger partial charge in [-0.1, -0.05) is 6.07 Å². The fraction of sp³-hybridized carbons (Fsp3) is 0.455. The van der Waals surface area contributed by atoms with E-state index in [4.69, 9.17) is 5.84 Å². The molecule has 1 aromatic rings. The minimum atomic E-state index is 0.958. The molecule has 0 fully saturated rings. The van der Waals surface area contributed by atoms with Crippen molar-refractivity contribution in [2.75, 3.05) is 25.5 Å². The first kappa shape index (κ1) is 9.49. The number of rotatable bonds is 1. The van der Waals surface area contributed by atoms with Crippen molar-refractivity contribution < 1.29 is 0 Å². The number of benzene rings is 1. The highest BCUT2D eigenvalue weighted by Gasteiger charge is 2.11. The molecule has 3 heteroatoms. The molecule has 2 rings (SSSR count). The quantitative estimate of drug-likeness (QED) is 0.651. The number of nitrogens with one attached hydrogen (secondary N) is 1. The van der Waals surface area contributed by atoms with Crippen molar-refractivity contribution in [3.63, 3.8) is 0 Å². The predicted molar refractivity (Wildman–Crippen MR) is 59.2 cm³/mol. The third-order valence-electron chi connectivity index (χ3n) is 2.83. The van der Waals surface area contributed by atoms with Crippen LogP contribution in [-0.2, 0) is 12.8 Å². The number of hydrazine groups is 1. The maximum absolute atomic E-state index is 5.80. The van der Waals surface area contributed by atoms with Gasteiger partial charge in [-0.3, -0.25) is 5.84 Å². The van der Waals surface area contributed by atoms with Crippen molar-refractivity contribution in [2.24, 2.45) is 5.84 Å². The molecule has 0 saturated heterocycles. The second kappa shape index (κ2) is 3.98. The summed E-state index contributed by atoms with van der Waals surface area (Å²) in [6, 6.07) is 6.57. The van der Waals surface area contributed by atoms with Crippen LogP contribution >= 0.6 is 0 Å². The fourth-order valence-electron chi connectivity index (χ4n) is 1.90. The van der Waals surface area contributed by atoms with Crippen molar-refractivity contribution >= 4 is 5.69 Å². The highest BCUT2D eigenvalue weighted by Crippen LogP contribution is 2.19. The topological polar surface area (TPSA) is 41.3 Å². The van der Waals surface area contributed by atoms with Crippen molar-refractivity contribution in [1.29, 1.82) is 0 Å². The molecular formula is C11H17N3. The first-order valence-electron chi connectivity index (χ1n) is 5.09. The molecule has 0 radical (unpaired) electrons. The first-order valence-corrected chi connectivity index (χ1v) is 5.09. The van der Waals surface area contributed by atoms with Gasteiger partial charge in [-0.25, -0.2) is 5.01 Å². The Morgan fingerprint density at radius 2 is 1.93 bits per heavy atom. The zero-order valence-electron chi connectivity index (χ0n) is 8.59. The molecule has 14 heavy (non-hydrogen) atoms. The number of hydrogen-bond donors (Lipinski definition) is 2. The van der Waals surface area contributed by atoms with Gasteiger partial charge in [-0.05, 0) is 36.1 Å². The van der Waals surface area contributed by atoms with Gasteiger partial charge >= 0.3 is 0 Å². The molecule has 3 N–H and O–H groups in total. The zero-order valence-corrected chi connectivity index (χ0v) is 8.59. The molecule has 0 unspecified atom stereocenters. The SMILES string of the molecule is CNc1ccc2c(c1)CCN(N)CC2. The van der Waals surface area contributed by atoms with E-state index in [-0.39, 0.29) is 0 Å². The third kappa shape index (κ3) is 1.89. The average Bonchev–Trinajstić information content (AvgIpc) is 2.40. The zero-order chi connectivity index (χ0) is 9.97. The van der Waals surface area contributed by atoms with Gasteiger partial charge in [-0.2, -0.15) is 0 Å². The molecule has 0 aliphatic carbocycles. The van der Waals surface area contributed by atoms with Crippen LogP contribution in [-0.4, -0.2) is 25.1 Å². The Kier molecular flexibility index (Phi) is 2.70. The van der Waals surface area contributed by atoms with E-state index in [0.29, 0.717) is 0 Å². The second-order valence-electron chi connectivity index (χ2n) is 3.77. The van der Waals surface area contributed by atoms with E-state index in [1.54, 1.807) is 0 Å². The van der Waals surface area contributed by atoms with Crippen LogP contribution in [0.2, 0.25) is 0 Å². The normalized spacial score (nSPS) is 17.3. The molecule has 0 amide bonds. The fourth-order valence-corrected chi connectivity index (χ4v) is 1.90. The number of nitrogens with zero attached hydrogens (tertiary/aromatic N) is 1. The van der Waals surface area contributed by atoms with Gasteiger partial charge in [0.2, 0.25) is 0 Å². The van der Waals surface area contributed by atoms with Gasteiger partial charge in [0.05, 0.1) is 0 Å². The van der Waals surface area contributed by atoms with Gasteiger partial charge in [0.1, 0.15) is 0 Å². The van der Waals surface area contributed by atoms with Crippen LogP contribution in [0.1, 0.15) is 11.1 Å². The summed E-state index contributed by atoms with van der Waals surface area (Å²) in [5.74, 6) is 5.80. The summed E-state index contributed by atoms with van der Waals surface area (Å²) in [5, 5.41) is 5.07. The van der Waals surface area contributed by atoms with E-state index in [1.807, 2.05) is 12.1 Å². The van der Waals surface area contributed by atoms with E-state index in [2.05, 4.69) is 23.5 Å². The van der Waals surface area contributed by atoms with Crippen LogP contribution in [0.5, 0.6) is 0 Å². The number of nitrogens with two attached hydrogens (primary N) is 1. The molecule has 76 valence electrons. The maximum Gasteiger partial charge on any atom is 0.0340 e. The third-order valence-corrected chi connectivity index (χ3v) is 2.83. The lowest BCUT2D eigenvalue weighted by Crippen LogP contribution is -2.33. The van der Waals surface area contributed by atoms with Crippen molar-refractivity contribution in [3.8, 4) is 0 Å². The van der Waals surface area contributed by atoms with Crippen LogP contribution in [0.15, 0.2) is 18.2 Å². The summed E-state index contributed by atoms with van der Waals surface area (Å²) in [5.41, 5.74) is 4.07. The lowest BCUT2D eigenvalue weighted by molar-refractivity contribution is 0.298. The first-order chi connectivity index (χ1) is 6.79. The molecule has 0 bridgehead atoms. The molecule has 0 spiro atoms. The lowest BCUT2D eigenvalue weighted by atomic mass is 10.0. The molecule has 1 aliphatic rings. The van der Waals surface area contributed by atoms with Crippen LogP contribution in [0.4, 0.5) is 5.69 Å². The molecule has 1 aliphatic heterocycles. The smallest absolute Gasteiger partial charge is 0.0340 e. The standard InChI is InChI=1S/C11H17N3/c1-13-11-3-2-9-4-6-14(12)7-5-10(9)8-11/h2-3,8,13H,4-7,12H2,1H3. The van der Waals surface area contributed by atoms with Gasteiger partial charge in [-0.15, -0.1) is 0 Å². The summed E-state index contributed by atoms with van der Waals surface area (Å²) in [6.07, 6.45) is 2.12. The molecule has 0 atom stereocenters. The average molecular weight is 191 g/mol. The summed E-state index contributed by atoms with van der Waals surface area (Å²) >= 11 is 0. The van der Waals surface area contributed by atoms with Gasteiger partial charge in [0.15, 0.2) is 0 Å². The van der Waals surface area contributed by atoms with E-state index in [9.17, 15) is 0 Å². The van der Waals surface area contributed by atoms with Gasteiger partial charge in [0, 0.05) is 25.8 Å². The minimum Gasteiger partial charge on any atom is -0.388 e. The summed E-state index contributed by atoms with van der Waals surface area (Å²) in [4.78, 5) is 0. The van der Waals surface area contributed by atoms with Crippen molar-refractivity contribution in [3.05, 3.63) is 29.3 Å². The molecule has 3 nitrogen and oxygen atoms in total. The van der Waals surface area contributed by atoms with E-state index < -0.39 is 0 Å². The van der Waals surface area contributed by atoms with Crippen molar-refractivity contribution in [2.45, 2.75) is 12.8 Å². The highest BCUT2D eigenvalue weighted by atomic mass is 15.4. The molecule has 0 aromatic heterocycles. The van der Waals surface area contributed by atoms with E-state index in [0.717, 1.165) is 25.9 Å². The predicted octanol–water partition coefficient (Wildman–Crippen LogP) is 1.00. The molecule has 1 heterocycles. The minimum absolute atomic E-state index is 0.958. The summed E-state index contributed by atoms with van der Waals surface area (Å²) < 4.78 is 0. The van der Waals surface area contributed by atoms with E-state index in [1.165, 1.54) is 16.8 Å². The Labute approximate surface area is 84.9 Å². The Morgan fingerprint density at radius 1 is 1.21 bits per heavy atom. The summed E-state index contributed by atoms with van der Waals surface area (Å²) in [6.45, 7) is 1.92. The van der Waals surface area contributed by atoms with E-state index >= 15 is 0 Å². The monoisotopic (exact) mass is 191 g/mol. The maximum atomic E-state index is 5.80. The number of fused-ring (bicyclic) bond motifs is 1. The Bertz CT molecular complexity index is 322. The molecular weight excluding hydrogens is 174 g/mol. The summed E-state index contributed by atoms with van der Waals surface area (Å²) in [7, 11) is 1.95. The van der Waals surface area contributed by atoms with Crippen LogP contribution in [0, 0.1) is 0 Å². The Morgan fingerprint density at radius 3 is 2.64 bits per heavy atom. The molecule has 1 aromatic carbocycles. The number of anilines is 1. The molecule has 0 saturated carbocycles. The largest absolute Gasteiger partial charge is 0.388 e. The van der Waals surface area contributed by atoms with Crippen LogP contribution in [0.3, 0.4) is 0 Å². The number of hydrogen-bond acceptors (Lipinski definition) is 3. The van der Waals surface area contributed by atoms with Gasteiger partial charge in [0.25, 0.3) is 0 Å². The van der Waals surface area contributed by atoms with Crippen LogP contribution < -0.4 is 11.2 Å². The van der Waals surface area contributed by atoms with Crippen molar-refractivity contribution in [1.82, 2.24) is 5.01 Å². The van der Waals surface area contributed by atoms with Crippen LogP contribution in [0.25, 0.3) is 0 Å². The van der Waals surface area contributed by atoms with Gasteiger partial charge < -0.3 is 5.32 Å². The Balaban J connectivity index is 2.27. The Hall–Kier alpha value is -1.06. The highest BCUT2D eigenvalue weighted by molar-refractivity contribution is 5.48. The lowest BCUT2D eigenvalue weighted by Gasteiger charge is -2.10.